The highest BCUT2D eigenvalue weighted by atomic mass is 16.2. The van der Waals surface area contributed by atoms with Gasteiger partial charge >= 0.3 is 0 Å². The van der Waals surface area contributed by atoms with Gasteiger partial charge in [0.25, 0.3) is 0 Å². The summed E-state index contributed by atoms with van der Waals surface area (Å²) in [5.74, 6) is 1.15. The number of likely N-dealkylation sites (tertiary alicyclic amines) is 2. The first-order valence-corrected chi connectivity index (χ1v) is 10.2. The Bertz CT molecular complexity index is 676. The Morgan fingerprint density at radius 1 is 1.23 bits per heavy atom. The first-order valence-electron chi connectivity index (χ1n) is 10.2. The minimum Gasteiger partial charge on any atom is -0.336 e. The maximum atomic E-state index is 12.6. The Hall–Kier alpha value is -1.68. The first-order chi connectivity index (χ1) is 12.6. The Morgan fingerprint density at radius 3 is 2.81 bits per heavy atom. The number of piperidine rings is 1. The van der Waals surface area contributed by atoms with Gasteiger partial charge in [0.1, 0.15) is 0 Å². The molecule has 0 aromatic carbocycles. The summed E-state index contributed by atoms with van der Waals surface area (Å²) in [5.41, 5.74) is 2.25. The average molecular weight is 354 g/mol. The molecule has 3 aliphatic rings. The van der Waals surface area contributed by atoms with E-state index in [9.17, 15) is 4.79 Å². The molecule has 1 aromatic rings. The van der Waals surface area contributed by atoms with Crippen molar-refractivity contribution in [1.29, 1.82) is 0 Å². The fourth-order valence-corrected chi connectivity index (χ4v) is 4.94. The van der Waals surface area contributed by atoms with E-state index in [2.05, 4.69) is 22.0 Å². The third-order valence-electron chi connectivity index (χ3n) is 6.51. The number of allylic oxidation sites excluding steroid dienone is 2. The number of nitrogens with zero attached hydrogens (tertiary/aromatic N) is 3. The highest BCUT2D eigenvalue weighted by molar-refractivity contribution is 5.79. The predicted octanol–water partition coefficient (Wildman–Crippen LogP) is 3.56. The van der Waals surface area contributed by atoms with E-state index in [0.717, 1.165) is 43.4 Å². The van der Waals surface area contributed by atoms with Gasteiger partial charge in [-0.3, -0.25) is 9.78 Å². The molecular formula is C22H31N3O. The minimum atomic E-state index is 0.212. The number of pyridine rings is 1. The molecule has 1 atom stereocenters. The maximum absolute atomic E-state index is 12.6. The summed E-state index contributed by atoms with van der Waals surface area (Å²) in [6.07, 6.45) is 11.6. The van der Waals surface area contributed by atoms with E-state index in [-0.39, 0.29) is 5.41 Å². The molecule has 4 nitrogen and oxygen atoms in total. The molecule has 3 heterocycles. The molecule has 1 amide bonds. The van der Waals surface area contributed by atoms with Crippen LogP contribution >= 0.6 is 0 Å². The van der Waals surface area contributed by atoms with Gasteiger partial charge < -0.3 is 9.80 Å². The fraction of sp³-hybridized carbons (Fsp3) is 0.636. The van der Waals surface area contributed by atoms with Crippen LogP contribution in [0.4, 0.5) is 0 Å². The number of hydrogen-bond acceptors (Lipinski definition) is 3. The van der Waals surface area contributed by atoms with Gasteiger partial charge in [-0.25, -0.2) is 0 Å². The van der Waals surface area contributed by atoms with Crippen LogP contribution in [-0.4, -0.2) is 46.9 Å². The second-order valence-corrected chi connectivity index (χ2v) is 8.65. The van der Waals surface area contributed by atoms with E-state index < -0.39 is 0 Å². The van der Waals surface area contributed by atoms with Crippen LogP contribution in [0, 0.1) is 18.3 Å². The average Bonchev–Trinajstić information content (AvgIpc) is 2.93. The summed E-state index contributed by atoms with van der Waals surface area (Å²) in [7, 11) is 0. The van der Waals surface area contributed by atoms with E-state index in [0.29, 0.717) is 12.5 Å². The van der Waals surface area contributed by atoms with E-state index in [1.165, 1.54) is 38.6 Å². The van der Waals surface area contributed by atoms with Crippen LogP contribution in [0.5, 0.6) is 0 Å². The van der Waals surface area contributed by atoms with Crippen LogP contribution in [0.25, 0.3) is 0 Å². The molecule has 1 aliphatic carbocycles. The van der Waals surface area contributed by atoms with Crippen LogP contribution in [0.1, 0.15) is 49.9 Å². The van der Waals surface area contributed by atoms with Crippen molar-refractivity contribution >= 4 is 5.91 Å². The number of hydrogen-bond donors (Lipinski definition) is 0. The lowest BCUT2D eigenvalue weighted by atomic mass is 9.77. The van der Waals surface area contributed by atoms with Crippen molar-refractivity contribution in [3.8, 4) is 0 Å². The third-order valence-corrected chi connectivity index (χ3v) is 6.51. The van der Waals surface area contributed by atoms with Crippen molar-refractivity contribution in [3.05, 3.63) is 41.7 Å². The van der Waals surface area contributed by atoms with Gasteiger partial charge in [0.2, 0.25) is 5.91 Å². The summed E-state index contributed by atoms with van der Waals surface area (Å²) in [6, 6.07) is 6.08. The molecule has 0 N–H and O–H groups in total. The van der Waals surface area contributed by atoms with Gasteiger partial charge in [-0.2, -0.15) is 0 Å². The number of carbonyl (C=O) groups excluding carboxylic acids is 1. The number of carbonyl (C=O) groups is 1. The maximum Gasteiger partial charge on any atom is 0.223 e. The predicted molar refractivity (Wildman–Crippen MR) is 104 cm³/mol. The Labute approximate surface area is 157 Å². The molecule has 4 rings (SSSR count). The van der Waals surface area contributed by atoms with E-state index >= 15 is 0 Å². The zero-order valence-corrected chi connectivity index (χ0v) is 16.0. The zero-order chi connectivity index (χ0) is 18.0. The van der Waals surface area contributed by atoms with Crippen LogP contribution in [0.15, 0.2) is 30.4 Å². The summed E-state index contributed by atoms with van der Waals surface area (Å²) >= 11 is 0. The highest BCUT2D eigenvalue weighted by Crippen LogP contribution is 2.41. The summed E-state index contributed by atoms with van der Waals surface area (Å²) in [5, 5.41) is 0. The first kappa shape index (κ1) is 17.7. The lowest BCUT2D eigenvalue weighted by Crippen LogP contribution is -2.43. The van der Waals surface area contributed by atoms with E-state index in [1.807, 2.05) is 30.0 Å². The topological polar surface area (TPSA) is 36.4 Å². The Morgan fingerprint density at radius 2 is 2.08 bits per heavy atom. The van der Waals surface area contributed by atoms with Crippen molar-refractivity contribution in [2.45, 2.75) is 52.0 Å². The van der Waals surface area contributed by atoms with Crippen LogP contribution in [0.2, 0.25) is 0 Å². The lowest BCUT2D eigenvalue weighted by Gasteiger charge is -2.40. The van der Waals surface area contributed by atoms with Crippen molar-refractivity contribution < 1.29 is 4.79 Å². The highest BCUT2D eigenvalue weighted by Gasteiger charge is 2.44. The molecule has 2 saturated heterocycles. The Kier molecular flexibility index (Phi) is 5.12. The van der Waals surface area contributed by atoms with Crippen molar-refractivity contribution in [1.82, 2.24) is 14.8 Å². The summed E-state index contributed by atoms with van der Waals surface area (Å²) in [6.45, 7) is 7.15. The smallest absolute Gasteiger partial charge is 0.223 e. The molecule has 2 fully saturated rings. The number of aryl methyl sites for hydroxylation is 1. The molecule has 0 bridgehead atoms. The molecule has 2 aliphatic heterocycles. The van der Waals surface area contributed by atoms with Crippen molar-refractivity contribution in [2.75, 3.05) is 26.2 Å². The zero-order valence-electron chi connectivity index (χ0n) is 16.0. The van der Waals surface area contributed by atoms with Gasteiger partial charge in [0.05, 0.1) is 12.2 Å². The molecule has 0 saturated carbocycles. The Balaban J connectivity index is 1.31. The largest absolute Gasteiger partial charge is 0.336 e. The molecule has 1 aromatic heterocycles. The monoisotopic (exact) mass is 353 g/mol. The minimum absolute atomic E-state index is 0.212. The molecule has 1 unspecified atom stereocenters. The van der Waals surface area contributed by atoms with E-state index in [1.54, 1.807) is 0 Å². The quantitative estimate of drug-likeness (QED) is 0.777. The number of amides is 1. The SMILES string of the molecule is Cc1cccc(CN2CC3(CCN(CC4CC=CCC4)CC3)CC2=O)n1. The molecule has 1 spiro atoms. The molecule has 140 valence electrons. The van der Waals surface area contributed by atoms with Crippen LogP contribution in [-0.2, 0) is 11.3 Å². The van der Waals surface area contributed by atoms with Crippen molar-refractivity contribution in [3.63, 3.8) is 0 Å². The second kappa shape index (κ2) is 7.51. The van der Waals surface area contributed by atoms with Crippen molar-refractivity contribution in [2.24, 2.45) is 11.3 Å². The third kappa shape index (κ3) is 4.01. The second-order valence-electron chi connectivity index (χ2n) is 8.65. The lowest BCUT2D eigenvalue weighted by molar-refractivity contribution is -0.128. The van der Waals surface area contributed by atoms with Gasteiger partial charge in [0, 0.05) is 25.2 Å². The molecule has 0 radical (unpaired) electrons. The van der Waals surface area contributed by atoms with Gasteiger partial charge in [0.15, 0.2) is 0 Å². The standard InChI is InChI=1S/C22H31N3O/c1-18-6-5-9-20(23-18)16-25-17-22(14-21(25)26)10-12-24(13-11-22)15-19-7-3-2-4-8-19/h2-3,5-6,9,19H,4,7-8,10-17H2,1H3. The number of aromatic nitrogens is 1. The molecular weight excluding hydrogens is 322 g/mol. The molecule has 4 heteroatoms. The molecule has 26 heavy (non-hydrogen) atoms. The van der Waals surface area contributed by atoms with Gasteiger partial charge in [-0.1, -0.05) is 18.2 Å². The fourth-order valence-electron chi connectivity index (χ4n) is 4.94. The van der Waals surface area contributed by atoms with E-state index in [4.69, 9.17) is 0 Å². The normalized spacial score (nSPS) is 26.0. The van der Waals surface area contributed by atoms with Crippen LogP contribution in [0.3, 0.4) is 0 Å². The van der Waals surface area contributed by atoms with Gasteiger partial charge in [-0.05, 0) is 75.6 Å². The van der Waals surface area contributed by atoms with Gasteiger partial charge in [-0.15, -0.1) is 0 Å². The van der Waals surface area contributed by atoms with Crippen LogP contribution < -0.4 is 0 Å². The summed E-state index contributed by atoms with van der Waals surface area (Å²) < 4.78 is 0. The summed E-state index contributed by atoms with van der Waals surface area (Å²) in [4.78, 5) is 21.9. The number of rotatable bonds is 4.